The molecule has 15 heavy (non-hydrogen) atoms. The summed E-state index contributed by atoms with van der Waals surface area (Å²) in [5.41, 5.74) is 0.114. The molecule has 0 unspecified atom stereocenters. The van der Waals surface area contributed by atoms with Crippen LogP contribution in [0.1, 0.15) is 20.3 Å². The van der Waals surface area contributed by atoms with Crippen LogP contribution in [0.5, 0.6) is 0 Å². The van der Waals surface area contributed by atoms with Gasteiger partial charge in [-0.3, -0.25) is 4.79 Å². The van der Waals surface area contributed by atoms with Gasteiger partial charge in [-0.05, 0) is 11.8 Å². The summed E-state index contributed by atoms with van der Waals surface area (Å²) in [6, 6.07) is 0. The number of carbonyl (C=O) groups excluding carboxylic acids is 1. The number of hydrogen-bond acceptors (Lipinski definition) is 3. The predicted octanol–water partition coefficient (Wildman–Crippen LogP) is 0.385. The average Bonchev–Trinajstić information content (AvgIpc) is 2.09. The zero-order valence-electron chi connectivity index (χ0n) is 9.93. The number of methoxy groups -OCH3 is 1. The van der Waals surface area contributed by atoms with E-state index in [9.17, 15) is 4.79 Å². The zero-order valence-corrected chi connectivity index (χ0v) is 9.93. The first kappa shape index (κ1) is 12.5. The molecular formula is C11H22N2O2. The summed E-state index contributed by atoms with van der Waals surface area (Å²) in [6.07, 6.45) is 0.965. The van der Waals surface area contributed by atoms with Crippen LogP contribution in [0.4, 0.5) is 0 Å². The van der Waals surface area contributed by atoms with E-state index in [2.05, 4.69) is 24.5 Å². The Morgan fingerprint density at radius 1 is 1.53 bits per heavy atom. The lowest BCUT2D eigenvalue weighted by Gasteiger charge is -2.29. The van der Waals surface area contributed by atoms with E-state index < -0.39 is 0 Å². The second kappa shape index (κ2) is 5.47. The van der Waals surface area contributed by atoms with Crippen molar-refractivity contribution in [3.05, 3.63) is 0 Å². The molecule has 0 spiro atoms. The third kappa shape index (κ3) is 4.18. The lowest BCUT2D eigenvalue weighted by molar-refractivity contribution is -0.126. The van der Waals surface area contributed by atoms with Crippen LogP contribution in [0.2, 0.25) is 0 Å². The Hall–Kier alpha value is -0.610. The maximum absolute atomic E-state index is 11.6. The van der Waals surface area contributed by atoms with E-state index in [4.69, 9.17) is 4.74 Å². The molecule has 0 aromatic heterocycles. The fraction of sp³-hybridized carbons (Fsp3) is 0.909. The Morgan fingerprint density at radius 2 is 2.20 bits per heavy atom. The van der Waals surface area contributed by atoms with Gasteiger partial charge in [0.25, 0.3) is 0 Å². The van der Waals surface area contributed by atoms with Crippen LogP contribution in [0.15, 0.2) is 0 Å². The lowest BCUT2D eigenvalue weighted by atomic mass is 9.89. The van der Waals surface area contributed by atoms with Crippen molar-refractivity contribution < 1.29 is 9.53 Å². The summed E-state index contributed by atoms with van der Waals surface area (Å²) in [7, 11) is 1.70. The fourth-order valence-electron chi connectivity index (χ4n) is 1.41. The lowest BCUT2D eigenvalue weighted by Crippen LogP contribution is -2.52. The van der Waals surface area contributed by atoms with Crippen molar-refractivity contribution in [1.82, 2.24) is 10.6 Å². The minimum Gasteiger partial charge on any atom is -0.385 e. The highest BCUT2D eigenvalue weighted by Gasteiger charge is 2.26. The van der Waals surface area contributed by atoms with Gasteiger partial charge in [-0.2, -0.15) is 0 Å². The van der Waals surface area contributed by atoms with E-state index in [1.165, 1.54) is 0 Å². The van der Waals surface area contributed by atoms with Crippen LogP contribution in [0.3, 0.4) is 0 Å². The normalized spacial score (nSPS) is 17.3. The maximum Gasteiger partial charge on any atom is 0.225 e. The molecule has 1 amide bonds. The molecular weight excluding hydrogens is 192 g/mol. The number of nitrogens with one attached hydrogen (secondary N) is 2. The predicted molar refractivity (Wildman–Crippen MR) is 59.6 cm³/mol. The molecule has 4 heteroatoms. The fourth-order valence-corrected chi connectivity index (χ4v) is 1.41. The van der Waals surface area contributed by atoms with Gasteiger partial charge in [-0.15, -0.1) is 0 Å². The summed E-state index contributed by atoms with van der Waals surface area (Å²) in [5, 5.41) is 6.09. The highest BCUT2D eigenvalue weighted by molar-refractivity contribution is 5.80. The van der Waals surface area contributed by atoms with Gasteiger partial charge in [0.05, 0.1) is 5.92 Å². The summed E-state index contributed by atoms with van der Waals surface area (Å²) in [5.74, 6) is 0.363. The number of carbonyl (C=O) groups is 1. The number of ether oxygens (including phenoxy) is 1. The van der Waals surface area contributed by atoms with Gasteiger partial charge < -0.3 is 15.4 Å². The second-order valence-corrected chi connectivity index (χ2v) is 4.98. The second-order valence-electron chi connectivity index (χ2n) is 4.98. The van der Waals surface area contributed by atoms with E-state index in [0.29, 0.717) is 0 Å². The van der Waals surface area contributed by atoms with Gasteiger partial charge in [0.15, 0.2) is 0 Å². The maximum atomic E-state index is 11.6. The Morgan fingerprint density at radius 3 is 2.67 bits per heavy atom. The summed E-state index contributed by atoms with van der Waals surface area (Å²) in [4.78, 5) is 11.6. The van der Waals surface area contributed by atoms with Crippen molar-refractivity contribution in [2.24, 2.45) is 11.3 Å². The molecule has 1 aliphatic heterocycles. The molecule has 0 bridgehead atoms. The molecule has 0 atom stereocenters. The topological polar surface area (TPSA) is 50.4 Å². The Balaban J connectivity index is 2.18. The van der Waals surface area contributed by atoms with E-state index in [0.717, 1.165) is 32.7 Å². The molecule has 0 aliphatic carbocycles. The summed E-state index contributed by atoms with van der Waals surface area (Å²) in [6.45, 7) is 7.41. The first-order valence-electron chi connectivity index (χ1n) is 5.52. The molecule has 2 N–H and O–H groups in total. The van der Waals surface area contributed by atoms with Crippen LogP contribution in [-0.4, -0.2) is 39.3 Å². The Kier molecular flexibility index (Phi) is 4.54. The van der Waals surface area contributed by atoms with E-state index in [-0.39, 0.29) is 17.2 Å². The SMILES string of the molecule is COCCC(C)(C)CNC(=O)C1CNC1. The van der Waals surface area contributed by atoms with Crippen molar-refractivity contribution in [1.29, 1.82) is 0 Å². The van der Waals surface area contributed by atoms with Gasteiger partial charge >= 0.3 is 0 Å². The quantitative estimate of drug-likeness (QED) is 0.672. The van der Waals surface area contributed by atoms with Gasteiger partial charge in [0, 0.05) is 33.4 Å². The molecule has 0 radical (unpaired) electrons. The largest absolute Gasteiger partial charge is 0.385 e. The highest BCUT2D eigenvalue weighted by atomic mass is 16.5. The molecule has 1 rings (SSSR count). The van der Waals surface area contributed by atoms with Crippen molar-refractivity contribution in [2.45, 2.75) is 20.3 Å². The molecule has 4 nitrogen and oxygen atoms in total. The van der Waals surface area contributed by atoms with Crippen LogP contribution in [0, 0.1) is 11.3 Å². The molecule has 0 aromatic carbocycles. The molecule has 88 valence electrons. The minimum atomic E-state index is 0.114. The standard InChI is InChI=1S/C11H22N2O2/c1-11(2,4-5-15-3)8-13-10(14)9-6-12-7-9/h9,12H,4-8H2,1-3H3,(H,13,14). The Bertz CT molecular complexity index is 213. The van der Waals surface area contributed by atoms with Gasteiger partial charge in [-0.25, -0.2) is 0 Å². The first-order valence-corrected chi connectivity index (χ1v) is 5.52. The Labute approximate surface area is 91.8 Å². The molecule has 0 aromatic rings. The van der Waals surface area contributed by atoms with Crippen molar-refractivity contribution in [2.75, 3.05) is 33.4 Å². The molecule has 0 saturated carbocycles. The van der Waals surface area contributed by atoms with Crippen LogP contribution < -0.4 is 10.6 Å². The minimum absolute atomic E-state index is 0.114. The third-order valence-corrected chi connectivity index (χ3v) is 2.88. The first-order chi connectivity index (χ1) is 7.05. The van der Waals surface area contributed by atoms with Crippen LogP contribution in [-0.2, 0) is 9.53 Å². The highest BCUT2D eigenvalue weighted by Crippen LogP contribution is 2.19. The number of hydrogen-bond donors (Lipinski definition) is 2. The third-order valence-electron chi connectivity index (χ3n) is 2.88. The molecule has 1 aliphatic rings. The van der Waals surface area contributed by atoms with E-state index in [1.807, 2.05) is 0 Å². The van der Waals surface area contributed by atoms with Crippen LogP contribution >= 0.6 is 0 Å². The average molecular weight is 214 g/mol. The molecule has 1 saturated heterocycles. The van der Waals surface area contributed by atoms with Crippen molar-refractivity contribution in [3.8, 4) is 0 Å². The number of rotatable bonds is 6. The van der Waals surface area contributed by atoms with E-state index >= 15 is 0 Å². The molecule has 1 fully saturated rings. The van der Waals surface area contributed by atoms with E-state index in [1.54, 1.807) is 7.11 Å². The monoisotopic (exact) mass is 214 g/mol. The summed E-state index contributed by atoms with van der Waals surface area (Å²) < 4.78 is 5.04. The van der Waals surface area contributed by atoms with Crippen LogP contribution in [0.25, 0.3) is 0 Å². The smallest absolute Gasteiger partial charge is 0.225 e. The van der Waals surface area contributed by atoms with Crippen molar-refractivity contribution in [3.63, 3.8) is 0 Å². The molecule has 1 heterocycles. The number of amides is 1. The zero-order chi connectivity index (χ0) is 11.3. The summed E-state index contributed by atoms with van der Waals surface area (Å²) >= 11 is 0. The van der Waals surface area contributed by atoms with Crippen molar-refractivity contribution >= 4 is 5.91 Å². The van der Waals surface area contributed by atoms with Gasteiger partial charge in [0.2, 0.25) is 5.91 Å². The van der Waals surface area contributed by atoms with Gasteiger partial charge in [0.1, 0.15) is 0 Å². The van der Waals surface area contributed by atoms with Gasteiger partial charge in [-0.1, -0.05) is 13.8 Å².